The molecule has 6 heteroatoms. The molecule has 2 aliphatic rings. The molecule has 1 aliphatic carbocycles. The van der Waals surface area contributed by atoms with Crippen LogP contribution in [0.2, 0.25) is 0 Å². The molecule has 3 aromatic rings. The lowest BCUT2D eigenvalue weighted by Crippen LogP contribution is -2.30. The number of carbonyl (C=O) groups is 1. The SMILES string of the molecule is Cc1c(-c2ccccc2)oc2c(C(=O)N3CCC4(C3)CC4(F)F)cccc2c1=O. The summed E-state index contributed by atoms with van der Waals surface area (Å²) in [5.74, 6) is -2.65. The number of hydrogen-bond donors (Lipinski definition) is 0. The van der Waals surface area contributed by atoms with Crippen molar-refractivity contribution in [1.29, 1.82) is 0 Å². The first-order chi connectivity index (χ1) is 13.8. The molecular formula is C23H19F2NO3. The summed E-state index contributed by atoms with van der Waals surface area (Å²) >= 11 is 0. The zero-order valence-corrected chi connectivity index (χ0v) is 15.9. The predicted molar refractivity (Wildman–Crippen MR) is 105 cm³/mol. The van der Waals surface area contributed by atoms with Gasteiger partial charge in [-0.15, -0.1) is 0 Å². The van der Waals surface area contributed by atoms with Crippen LogP contribution in [0.25, 0.3) is 22.3 Å². The van der Waals surface area contributed by atoms with Crippen LogP contribution >= 0.6 is 0 Å². The van der Waals surface area contributed by atoms with Crippen molar-refractivity contribution in [1.82, 2.24) is 4.90 Å². The van der Waals surface area contributed by atoms with Crippen LogP contribution in [-0.2, 0) is 0 Å². The average Bonchev–Trinajstić information content (AvgIpc) is 3.03. The van der Waals surface area contributed by atoms with Gasteiger partial charge < -0.3 is 9.32 Å². The van der Waals surface area contributed by atoms with E-state index in [2.05, 4.69) is 0 Å². The molecular weight excluding hydrogens is 376 g/mol. The number of para-hydroxylation sites is 1. The molecule has 0 N–H and O–H groups in total. The van der Waals surface area contributed by atoms with Crippen LogP contribution in [0.3, 0.4) is 0 Å². The van der Waals surface area contributed by atoms with E-state index in [1.54, 1.807) is 25.1 Å². The number of hydrogen-bond acceptors (Lipinski definition) is 3. The molecule has 0 bridgehead atoms. The van der Waals surface area contributed by atoms with E-state index in [4.69, 9.17) is 4.42 Å². The van der Waals surface area contributed by atoms with Crippen LogP contribution in [0.5, 0.6) is 0 Å². The lowest BCUT2D eigenvalue weighted by molar-refractivity contribution is 0.0618. The standard InChI is InChI=1S/C23H19F2NO3/c1-14-18(27)16-8-5-9-17(20(16)29-19(14)15-6-3-2-4-7-15)21(28)26-11-10-22(13-26)12-23(22,24)25/h2-9H,10-13H2,1H3. The minimum absolute atomic E-state index is 0.0385. The maximum atomic E-state index is 13.7. The lowest BCUT2D eigenvalue weighted by Gasteiger charge is -2.18. The van der Waals surface area contributed by atoms with Gasteiger partial charge in [-0.05, 0) is 25.5 Å². The normalized spacial score (nSPS) is 22.4. The Kier molecular flexibility index (Phi) is 3.72. The number of nitrogens with zero attached hydrogens (tertiary/aromatic N) is 1. The van der Waals surface area contributed by atoms with Gasteiger partial charge in [0.05, 0.1) is 16.4 Å². The molecule has 2 fully saturated rings. The van der Waals surface area contributed by atoms with Crippen LogP contribution in [-0.4, -0.2) is 29.8 Å². The first-order valence-electron chi connectivity index (χ1n) is 9.62. The summed E-state index contributed by atoms with van der Waals surface area (Å²) in [6.07, 6.45) is 0.139. The Balaban J connectivity index is 1.61. The van der Waals surface area contributed by atoms with Gasteiger partial charge in [0.1, 0.15) is 5.76 Å². The Morgan fingerprint density at radius 3 is 2.48 bits per heavy atom. The van der Waals surface area contributed by atoms with Crippen LogP contribution in [0, 0.1) is 12.3 Å². The maximum absolute atomic E-state index is 13.7. The second-order valence-electron chi connectivity index (χ2n) is 8.07. The molecule has 29 heavy (non-hydrogen) atoms. The van der Waals surface area contributed by atoms with Gasteiger partial charge in [-0.2, -0.15) is 0 Å². The third-order valence-corrected chi connectivity index (χ3v) is 6.26. The van der Waals surface area contributed by atoms with Crippen molar-refractivity contribution in [3.8, 4) is 11.3 Å². The van der Waals surface area contributed by atoms with Gasteiger partial charge in [0.2, 0.25) is 0 Å². The Morgan fingerprint density at radius 1 is 1.10 bits per heavy atom. The minimum atomic E-state index is -2.69. The summed E-state index contributed by atoms with van der Waals surface area (Å²) in [7, 11) is 0. The molecule has 2 aromatic carbocycles. The number of carbonyl (C=O) groups excluding carboxylic acids is 1. The van der Waals surface area contributed by atoms with Crippen molar-refractivity contribution in [2.24, 2.45) is 5.41 Å². The molecule has 2 heterocycles. The number of alkyl halides is 2. The van der Waals surface area contributed by atoms with Crippen molar-refractivity contribution in [2.45, 2.75) is 25.7 Å². The highest BCUT2D eigenvalue weighted by Gasteiger charge is 2.73. The van der Waals surface area contributed by atoms with E-state index in [0.717, 1.165) is 5.56 Å². The van der Waals surface area contributed by atoms with Crippen LogP contribution in [0.4, 0.5) is 8.78 Å². The van der Waals surface area contributed by atoms with E-state index in [1.165, 1.54) is 4.90 Å². The number of amides is 1. The molecule has 1 atom stereocenters. The topological polar surface area (TPSA) is 50.5 Å². The lowest BCUT2D eigenvalue weighted by atomic mass is 10.0. The number of benzene rings is 2. The minimum Gasteiger partial charge on any atom is -0.455 e. The van der Waals surface area contributed by atoms with Gasteiger partial charge in [-0.1, -0.05) is 36.4 Å². The van der Waals surface area contributed by atoms with Crippen molar-refractivity contribution in [3.05, 3.63) is 69.9 Å². The van der Waals surface area contributed by atoms with Gasteiger partial charge in [0.25, 0.3) is 11.8 Å². The molecule has 1 unspecified atom stereocenters. The molecule has 148 valence electrons. The Bertz CT molecular complexity index is 1200. The highest BCUT2D eigenvalue weighted by Crippen LogP contribution is 2.65. The van der Waals surface area contributed by atoms with Gasteiger partial charge in [0, 0.05) is 30.6 Å². The molecule has 1 saturated heterocycles. The second kappa shape index (κ2) is 5.99. The number of fused-ring (bicyclic) bond motifs is 1. The summed E-state index contributed by atoms with van der Waals surface area (Å²) in [6.45, 7) is 2.02. The molecule has 0 radical (unpaired) electrons. The number of rotatable bonds is 2. The molecule has 1 spiro atoms. The summed E-state index contributed by atoms with van der Waals surface area (Å²) in [5.41, 5.74) is 0.370. The van der Waals surface area contributed by atoms with E-state index in [-0.39, 0.29) is 42.0 Å². The molecule has 5 rings (SSSR count). The Labute approximate surface area is 165 Å². The van der Waals surface area contributed by atoms with Gasteiger partial charge >= 0.3 is 0 Å². The van der Waals surface area contributed by atoms with E-state index < -0.39 is 11.3 Å². The van der Waals surface area contributed by atoms with Crippen molar-refractivity contribution < 1.29 is 18.0 Å². The fourth-order valence-corrected chi connectivity index (χ4v) is 4.38. The fraction of sp³-hybridized carbons (Fsp3) is 0.304. The maximum Gasteiger partial charge on any atom is 0.257 e. The smallest absolute Gasteiger partial charge is 0.257 e. The number of likely N-dealkylation sites (tertiary alicyclic amines) is 1. The Hall–Kier alpha value is -3.02. The van der Waals surface area contributed by atoms with E-state index in [9.17, 15) is 18.4 Å². The molecule has 1 aromatic heterocycles. The third kappa shape index (κ3) is 2.62. The Morgan fingerprint density at radius 2 is 1.83 bits per heavy atom. The monoisotopic (exact) mass is 395 g/mol. The molecule has 4 nitrogen and oxygen atoms in total. The van der Waals surface area contributed by atoms with Crippen molar-refractivity contribution in [3.63, 3.8) is 0 Å². The average molecular weight is 395 g/mol. The zero-order valence-electron chi connectivity index (χ0n) is 15.9. The largest absolute Gasteiger partial charge is 0.455 e. The van der Waals surface area contributed by atoms with E-state index in [1.807, 2.05) is 30.3 Å². The van der Waals surface area contributed by atoms with E-state index in [0.29, 0.717) is 23.1 Å². The highest BCUT2D eigenvalue weighted by molar-refractivity contribution is 6.05. The predicted octanol–water partition coefficient (Wildman–Crippen LogP) is 4.64. The summed E-state index contributed by atoms with van der Waals surface area (Å²) in [5, 5.41) is 0.318. The summed E-state index contributed by atoms with van der Waals surface area (Å²) in [6, 6.07) is 14.1. The van der Waals surface area contributed by atoms with Crippen LogP contribution in [0.1, 0.15) is 28.8 Å². The van der Waals surface area contributed by atoms with Crippen LogP contribution < -0.4 is 5.43 Å². The first kappa shape index (κ1) is 18.0. The summed E-state index contributed by atoms with van der Waals surface area (Å²) in [4.78, 5) is 27.5. The van der Waals surface area contributed by atoms with Crippen molar-refractivity contribution in [2.75, 3.05) is 13.1 Å². The number of halogens is 2. The van der Waals surface area contributed by atoms with Gasteiger partial charge in [-0.25, -0.2) is 8.78 Å². The summed E-state index contributed by atoms with van der Waals surface area (Å²) < 4.78 is 33.5. The second-order valence-corrected chi connectivity index (χ2v) is 8.07. The van der Waals surface area contributed by atoms with Gasteiger partial charge in [0.15, 0.2) is 11.0 Å². The molecule has 1 saturated carbocycles. The first-order valence-corrected chi connectivity index (χ1v) is 9.62. The zero-order chi connectivity index (χ0) is 20.4. The third-order valence-electron chi connectivity index (χ3n) is 6.26. The van der Waals surface area contributed by atoms with Gasteiger partial charge in [-0.3, -0.25) is 9.59 Å². The van der Waals surface area contributed by atoms with Crippen LogP contribution in [0.15, 0.2) is 57.7 Å². The van der Waals surface area contributed by atoms with Crippen molar-refractivity contribution >= 4 is 16.9 Å². The highest BCUT2D eigenvalue weighted by atomic mass is 19.3. The van der Waals surface area contributed by atoms with E-state index >= 15 is 0 Å². The molecule has 1 amide bonds. The molecule has 1 aliphatic heterocycles. The fourth-order valence-electron chi connectivity index (χ4n) is 4.38. The quantitative estimate of drug-likeness (QED) is 0.635.